The third-order valence-corrected chi connectivity index (χ3v) is 3.84. The minimum Gasteiger partial charge on any atom is -0.394 e. The third-order valence-electron chi connectivity index (χ3n) is 3.84. The summed E-state index contributed by atoms with van der Waals surface area (Å²) in [4.78, 5) is 14.5. The number of rotatable bonds is 3. The van der Waals surface area contributed by atoms with Crippen LogP contribution in [-0.2, 0) is 4.74 Å². The van der Waals surface area contributed by atoms with Gasteiger partial charge in [0.15, 0.2) is 17.7 Å². The Bertz CT molecular complexity index is 827. The van der Waals surface area contributed by atoms with Crippen molar-refractivity contribution in [2.75, 3.05) is 33.0 Å². The minimum atomic E-state index is -1.24. The number of aromatic nitrogens is 4. The topological polar surface area (TPSA) is 143 Å². The van der Waals surface area contributed by atoms with E-state index in [0.717, 1.165) is 0 Å². The molecule has 134 valence electrons. The van der Waals surface area contributed by atoms with Gasteiger partial charge in [0.25, 0.3) is 0 Å². The molecule has 10 nitrogen and oxygen atoms in total. The van der Waals surface area contributed by atoms with E-state index in [4.69, 9.17) is 10.5 Å². The summed E-state index contributed by atoms with van der Waals surface area (Å²) in [5.41, 5.74) is 6.59. The lowest BCUT2D eigenvalue weighted by Gasteiger charge is -2.16. The SMILES string of the molecule is CN(C)CC#Cc1nc(N)c2ncn([C@@H]3O[C@H](CO)[C@@H](O)[C@H]3O)c2n1. The number of nitrogens with two attached hydrogens (primary N) is 1. The molecule has 5 N–H and O–H groups in total. The number of nitrogens with zero attached hydrogens (tertiary/aromatic N) is 5. The van der Waals surface area contributed by atoms with Gasteiger partial charge in [0, 0.05) is 0 Å². The fourth-order valence-corrected chi connectivity index (χ4v) is 2.57. The number of aliphatic hydroxyl groups excluding tert-OH is 3. The van der Waals surface area contributed by atoms with Gasteiger partial charge in [-0.1, -0.05) is 5.92 Å². The summed E-state index contributed by atoms with van der Waals surface area (Å²) in [7, 11) is 3.79. The molecule has 0 bridgehead atoms. The van der Waals surface area contributed by atoms with Gasteiger partial charge in [-0.2, -0.15) is 0 Å². The van der Waals surface area contributed by atoms with Gasteiger partial charge < -0.3 is 25.8 Å². The van der Waals surface area contributed by atoms with Gasteiger partial charge >= 0.3 is 0 Å². The molecular weight excluding hydrogens is 328 g/mol. The highest BCUT2D eigenvalue weighted by atomic mass is 16.6. The zero-order chi connectivity index (χ0) is 18.1. The van der Waals surface area contributed by atoms with Crippen LogP contribution in [-0.4, -0.2) is 85.3 Å². The second-order valence-electron chi connectivity index (χ2n) is 6.02. The van der Waals surface area contributed by atoms with E-state index in [2.05, 4.69) is 26.8 Å². The van der Waals surface area contributed by atoms with E-state index < -0.39 is 31.1 Å². The van der Waals surface area contributed by atoms with Crippen LogP contribution in [0.4, 0.5) is 5.82 Å². The van der Waals surface area contributed by atoms with Crippen molar-refractivity contribution in [3.8, 4) is 11.8 Å². The van der Waals surface area contributed by atoms with Crippen molar-refractivity contribution < 1.29 is 20.1 Å². The van der Waals surface area contributed by atoms with Crippen LogP contribution in [0.25, 0.3) is 11.2 Å². The van der Waals surface area contributed by atoms with Crippen LogP contribution in [0.5, 0.6) is 0 Å². The average Bonchev–Trinajstić information content (AvgIpc) is 3.10. The first-order valence-corrected chi connectivity index (χ1v) is 7.68. The van der Waals surface area contributed by atoms with Crippen LogP contribution in [0.3, 0.4) is 0 Å². The first kappa shape index (κ1) is 17.5. The number of aliphatic hydroxyl groups is 3. The van der Waals surface area contributed by atoms with Crippen LogP contribution in [0.15, 0.2) is 6.33 Å². The van der Waals surface area contributed by atoms with Crippen molar-refractivity contribution in [1.82, 2.24) is 24.4 Å². The summed E-state index contributed by atoms with van der Waals surface area (Å²) in [6.07, 6.45) is -2.90. The Balaban J connectivity index is 1.99. The zero-order valence-corrected chi connectivity index (χ0v) is 13.9. The van der Waals surface area contributed by atoms with Gasteiger partial charge in [-0.3, -0.25) is 9.47 Å². The Hall–Kier alpha value is -2.29. The fourth-order valence-electron chi connectivity index (χ4n) is 2.57. The Kier molecular flexibility index (Phi) is 4.85. The number of hydrogen-bond donors (Lipinski definition) is 4. The second kappa shape index (κ2) is 6.91. The van der Waals surface area contributed by atoms with Crippen LogP contribution >= 0.6 is 0 Å². The molecule has 3 heterocycles. The van der Waals surface area contributed by atoms with Gasteiger partial charge in [-0.25, -0.2) is 15.0 Å². The second-order valence-corrected chi connectivity index (χ2v) is 6.02. The quantitative estimate of drug-likeness (QED) is 0.460. The van der Waals surface area contributed by atoms with Crippen molar-refractivity contribution in [2.45, 2.75) is 24.5 Å². The van der Waals surface area contributed by atoms with Gasteiger partial charge in [0.2, 0.25) is 5.82 Å². The predicted octanol–water partition coefficient (Wildman–Crippen LogP) is -2.07. The molecule has 0 unspecified atom stereocenters. The van der Waals surface area contributed by atoms with E-state index >= 15 is 0 Å². The van der Waals surface area contributed by atoms with Crippen molar-refractivity contribution in [3.63, 3.8) is 0 Å². The zero-order valence-electron chi connectivity index (χ0n) is 13.9. The lowest BCUT2D eigenvalue weighted by molar-refractivity contribution is -0.0511. The first-order chi connectivity index (χ1) is 11.9. The number of fused-ring (bicyclic) bond motifs is 1. The van der Waals surface area contributed by atoms with Gasteiger partial charge in [0.1, 0.15) is 23.8 Å². The molecule has 0 radical (unpaired) electrons. The summed E-state index contributed by atoms with van der Waals surface area (Å²) < 4.78 is 6.96. The molecule has 2 aromatic rings. The lowest BCUT2D eigenvalue weighted by Crippen LogP contribution is -2.33. The van der Waals surface area contributed by atoms with Crippen molar-refractivity contribution >= 4 is 17.0 Å². The van der Waals surface area contributed by atoms with Crippen LogP contribution in [0, 0.1) is 11.8 Å². The molecule has 1 saturated heterocycles. The highest BCUT2D eigenvalue weighted by molar-refractivity contribution is 5.82. The van der Waals surface area contributed by atoms with Crippen molar-refractivity contribution in [3.05, 3.63) is 12.2 Å². The molecule has 1 aliphatic rings. The van der Waals surface area contributed by atoms with E-state index in [-0.39, 0.29) is 11.6 Å². The summed E-state index contributed by atoms with van der Waals surface area (Å²) in [5.74, 6) is 6.13. The maximum Gasteiger partial charge on any atom is 0.209 e. The van der Waals surface area contributed by atoms with Crippen LogP contribution in [0.2, 0.25) is 0 Å². The van der Waals surface area contributed by atoms with E-state index in [9.17, 15) is 15.3 Å². The molecule has 0 amide bonds. The third kappa shape index (κ3) is 3.28. The van der Waals surface area contributed by atoms with Crippen molar-refractivity contribution in [2.24, 2.45) is 0 Å². The maximum atomic E-state index is 10.2. The number of imidazole rings is 1. The molecule has 1 fully saturated rings. The van der Waals surface area contributed by atoms with Gasteiger partial charge in [-0.15, -0.1) is 0 Å². The van der Waals surface area contributed by atoms with Gasteiger partial charge in [0.05, 0.1) is 19.5 Å². The molecule has 25 heavy (non-hydrogen) atoms. The largest absolute Gasteiger partial charge is 0.394 e. The standard InChI is InChI=1S/C15H20N6O4/c1-20(2)5-3-4-9-18-13(16)10-14(19-9)21(7-17-10)15-12(24)11(23)8(6-22)25-15/h7-8,11-12,15,22-24H,5-6H2,1-2H3,(H2,16,18,19)/t8-,11-,12-,15-/m1/s1. The molecule has 3 rings (SSSR count). The lowest BCUT2D eigenvalue weighted by atomic mass is 10.1. The predicted molar refractivity (Wildman–Crippen MR) is 88.2 cm³/mol. The molecule has 4 atom stereocenters. The van der Waals surface area contributed by atoms with Crippen molar-refractivity contribution in [1.29, 1.82) is 0 Å². The fraction of sp³-hybridized carbons (Fsp3) is 0.533. The molecule has 2 aromatic heterocycles. The number of hydrogen-bond acceptors (Lipinski definition) is 9. The van der Waals surface area contributed by atoms with E-state index in [1.165, 1.54) is 10.9 Å². The molecule has 0 spiro atoms. The summed E-state index contributed by atoms with van der Waals surface area (Å²) in [5, 5.41) is 29.3. The smallest absolute Gasteiger partial charge is 0.209 e. The van der Waals surface area contributed by atoms with E-state index in [1.807, 2.05) is 19.0 Å². The van der Waals surface area contributed by atoms with Crippen LogP contribution < -0.4 is 5.73 Å². The van der Waals surface area contributed by atoms with E-state index in [1.54, 1.807) is 0 Å². The Morgan fingerprint density at radius 1 is 1.32 bits per heavy atom. The van der Waals surface area contributed by atoms with Gasteiger partial charge in [-0.05, 0) is 20.0 Å². The molecular formula is C15H20N6O4. The molecule has 0 saturated carbocycles. The highest BCUT2D eigenvalue weighted by Crippen LogP contribution is 2.31. The normalized spacial score (nSPS) is 26.2. The average molecular weight is 348 g/mol. The number of nitrogen functional groups attached to an aromatic ring is 1. The number of anilines is 1. The monoisotopic (exact) mass is 348 g/mol. The molecule has 0 aromatic carbocycles. The highest BCUT2D eigenvalue weighted by Gasteiger charge is 2.44. The van der Waals surface area contributed by atoms with Crippen LogP contribution in [0.1, 0.15) is 12.1 Å². The van der Waals surface area contributed by atoms with E-state index in [0.29, 0.717) is 17.7 Å². The molecule has 10 heteroatoms. The Morgan fingerprint density at radius 2 is 2.08 bits per heavy atom. The Morgan fingerprint density at radius 3 is 2.72 bits per heavy atom. The molecule has 0 aliphatic carbocycles. The number of ether oxygens (including phenoxy) is 1. The minimum absolute atomic E-state index is 0.157. The molecule has 1 aliphatic heterocycles. The maximum absolute atomic E-state index is 10.2. The first-order valence-electron chi connectivity index (χ1n) is 7.68. The Labute approximate surface area is 143 Å². The summed E-state index contributed by atoms with van der Waals surface area (Å²) in [6, 6.07) is 0. The summed E-state index contributed by atoms with van der Waals surface area (Å²) >= 11 is 0. The summed E-state index contributed by atoms with van der Waals surface area (Å²) in [6.45, 7) is 0.120.